The van der Waals surface area contributed by atoms with Crippen LogP contribution >= 0.6 is 45.2 Å². The Balaban J connectivity index is 3.30. The van der Waals surface area contributed by atoms with Gasteiger partial charge in [0, 0.05) is 9.77 Å². The fourth-order valence-corrected chi connectivity index (χ4v) is 2.85. The van der Waals surface area contributed by atoms with E-state index >= 15 is 0 Å². The van der Waals surface area contributed by atoms with E-state index in [2.05, 4.69) is 4.98 Å². The molecule has 2 nitrogen and oxygen atoms in total. The summed E-state index contributed by atoms with van der Waals surface area (Å²) < 4.78 is 30.7. The molecule has 0 unspecified atom stereocenters. The summed E-state index contributed by atoms with van der Waals surface area (Å²) in [5, 5.41) is 0. The lowest BCUT2D eigenvalue weighted by Crippen LogP contribution is -2.00. The maximum atomic E-state index is 12.5. The molecule has 0 aliphatic heterocycles. The van der Waals surface area contributed by atoms with Crippen LogP contribution in [0.15, 0.2) is 6.20 Å². The summed E-state index contributed by atoms with van der Waals surface area (Å²) in [5.41, 5.74) is -0.00644. The van der Waals surface area contributed by atoms with Crippen LogP contribution in [-0.2, 0) is 0 Å². The molecule has 0 spiro atoms. The van der Waals surface area contributed by atoms with Crippen LogP contribution in [0.25, 0.3) is 0 Å². The predicted octanol–water partition coefficient (Wildman–Crippen LogP) is 3.24. The van der Waals surface area contributed by atoms with E-state index < -0.39 is 6.43 Å². The monoisotopic (exact) mass is 411 g/mol. The van der Waals surface area contributed by atoms with E-state index in [4.69, 9.17) is 4.74 Å². The van der Waals surface area contributed by atoms with Gasteiger partial charge in [0.05, 0.1) is 16.2 Å². The minimum Gasteiger partial charge on any atom is -0.480 e. The Morgan fingerprint density at radius 1 is 1.46 bits per heavy atom. The second kappa shape index (κ2) is 4.67. The first-order valence-corrected chi connectivity index (χ1v) is 5.39. The first-order valence-electron chi connectivity index (χ1n) is 3.24. The average Bonchev–Trinajstić information content (AvgIpc) is 2.04. The van der Waals surface area contributed by atoms with Crippen molar-refractivity contribution in [3.63, 3.8) is 0 Å². The molecule has 72 valence electrons. The van der Waals surface area contributed by atoms with Crippen LogP contribution in [0.2, 0.25) is 0 Å². The number of hydrogen-bond acceptors (Lipinski definition) is 2. The molecule has 1 aromatic rings. The van der Waals surface area contributed by atoms with E-state index in [1.54, 1.807) is 0 Å². The molecule has 1 rings (SSSR count). The molecular weight excluding hydrogens is 406 g/mol. The van der Waals surface area contributed by atoms with Gasteiger partial charge in [0.2, 0.25) is 5.88 Å². The van der Waals surface area contributed by atoms with Gasteiger partial charge in [-0.25, -0.2) is 13.8 Å². The van der Waals surface area contributed by atoms with Crippen LogP contribution in [0.4, 0.5) is 8.78 Å². The first-order chi connectivity index (χ1) is 6.07. The normalized spacial score (nSPS) is 10.6. The molecule has 0 bridgehead atoms. The topological polar surface area (TPSA) is 22.1 Å². The van der Waals surface area contributed by atoms with Gasteiger partial charge in [-0.2, -0.15) is 0 Å². The summed E-state index contributed by atoms with van der Waals surface area (Å²) in [6.07, 6.45) is -1.11. The number of hydrogen-bond donors (Lipinski definition) is 0. The number of alkyl halides is 2. The van der Waals surface area contributed by atoms with Gasteiger partial charge in [0.15, 0.2) is 0 Å². The molecule has 0 aromatic carbocycles. The number of rotatable bonds is 2. The van der Waals surface area contributed by atoms with Gasteiger partial charge >= 0.3 is 0 Å². The second-order valence-corrected chi connectivity index (χ2v) is 4.38. The molecule has 0 radical (unpaired) electrons. The van der Waals surface area contributed by atoms with Crippen molar-refractivity contribution in [2.75, 3.05) is 7.11 Å². The maximum absolute atomic E-state index is 12.5. The highest BCUT2D eigenvalue weighted by Gasteiger charge is 2.19. The van der Waals surface area contributed by atoms with Gasteiger partial charge in [-0.05, 0) is 45.2 Å². The predicted molar refractivity (Wildman–Crippen MR) is 61.2 cm³/mol. The largest absolute Gasteiger partial charge is 0.480 e. The molecule has 6 heteroatoms. The third kappa shape index (κ3) is 2.39. The fraction of sp³-hybridized carbons (Fsp3) is 0.286. The number of nitrogens with zero attached hydrogens (tertiary/aromatic N) is 1. The Labute approximate surface area is 101 Å². The minimum atomic E-state index is -2.49. The summed E-state index contributed by atoms with van der Waals surface area (Å²) >= 11 is 3.64. The zero-order valence-corrected chi connectivity index (χ0v) is 10.8. The molecule has 0 aliphatic carbocycles. The van der Waals surface area contributed by atoms with Gasteiger partial charge in [-0.3, -0.25) is 0 Å². The van der Waals surface area contributed by atoms with Crippen molar-refractivity contribution in [3.05, 3.63) is 18.9 Å². The zero-order chi connectivity index (χ0) is 10.0. The minimum absolute atomic E-state index is 0.00644. The van der Waals surface area contributed by atoms with Crippen molar-refractivity contribution in [3.8, 4) is 5.88 Å². The molecule has 0 amide bonds. The van der Waals surface area contributed by atoms with Gasteiger partial charge in [-0.15, -0.1) is 0 Å². The second-order valence-electron chi connectivity index (χ2n) is 2.14. The van der Waals surface area contributed by atoms with Crippen LogP contribution in [0.3, 0.4) is 0 Å². The first kappa shape index (κ1) is 11.3. The summed E-state index contributed by atoms with van der Waals surface area (Å²) in [6.45, 7) is 0. The van der Waals surface area contributed by atoms with E-state index in [0.717, 1.165) is 0 Å². The number of aromatic nitrogens is 1. The van der Waals surface area contributed by atoms with E-state index in [1.165, 1.54) is 13.3 Å². The summed E-state index contributed by atoms with van der Waals surface area (Å²) in [6, 6.07) is 0. The van der Waals surface area contributed by atoms with Crippen molar-refractivity contribution < 1.29 is 13.5 Å². The van der Waals surface area contributed by atoms with E-state index in [0.29, 0.717) is 7.14 Å². The van der Waals surface area contributed by atoms with E-state index in [1.807, 2.05) is 45.2 Å². The highest BCUT2D eigenvalue weighted by molar-refractivity contribution is 14.1. The van der Waals surface area contributed by atoms with Crippen LogP contribution < -0.4 is 4.74 Å². The number of halogens is 4. The SMILES string of the molecule is COc1ncc(I)c(C(F)F)c1I. The lowest BCUT2D eigenvalue weighted by molar-refractivity contribution is 0.148. The maximum Gasteiger partial charge on any atom is 0.266 e. The lowest BCUT2D eigenvalue weighted by atomic mass is 10.3. The Bertz CT molecular complexity index is 320. The smallest absolute Gasteiger partial charge is 0.266 e. The van der Waals surface area contributed by atoms with E-state index in [9.17, 15) is 8.78 Å². The van der Waals surface area contributed by atoms with Gasteiger partial charge in [0.25, 0.3) is 6.43 Å². The summed E-state index contributed by atoms with van der Waals surface area (Å²) in [7, 11) is 1.41. The molecular formula is C7H5F2I2NO. The molecule has 0 aliphatic rings. The van der Waals surface area contributed by atoms with Gasteiger partial charge in [-0.1, -0.05) is 0 Å². The van der Waals surface area contributed by atoms with Gasteiger partial charge in [0.1, 0.15) is 0 Å². The molecule has 0 fully saturated rings. The van der Waals surface area contributed by atoms with Crippen molar-refractivity contribution >= 4 is 45.2 Å². The molecule has 0 saturated carbocycles. The number of pyridine rings is 1. The molecule has 13 heavy (non-hydrogen) atoms. The van der Waals surface area contributed by atoms with Crippen molar-refractivity contribution in [2.24, 2.45) is 0 Å². The van der Waals surface area contributed by atoms with Crippen molar-refractivity contribution in [1.29, 1.82) is 0 Å². The Morgan fingerprint density at radius 2 is 2.08 bits per heavy atom. The lowest BCUT2D eigenvalue weighted by Gasteiger charge is -2.08. The molecule has 1 aromatic heterocycles. The standard InChI is InChI=1S/C7H5F2I2NO/c1-13-7-5(11)4(6(8)9)3(10)2-12-7/h2,6H,1H3. The van der Waals surface area contributed by atoms with Gasteiger partial charge < -0.3 is 4.74 Å². The molecule has 1 heterocycles. The third-order valence-corrected chi connectivity index (χ3v) is 3.29. The quantitative estimate of drug-likeness (QED) is 0.698. The fourth-order valence-electron chi connectivity index (χ4n) is 0.804. The third-order valence-electron chi connectivity index (χ3n) is 1.39. The Kier molecular flexibility index (Phi) is 4.07. The zero-order valence-electron chi connectivity index (χ0n) is 6.52. The van der Waals surface area contributed by atoms with Crippen molar-refractivity contribution in [2.45, 2.75) is 6.43 Å². The molecule has 0 N–H and O–H groups in total. The average molecular weight is 411 g/mol. The Morgan fingerprint density at radius 3 is 2.54 bits per heavy atom. The Hall–Kier alpha value is 0.270. The van der Waals surface area contributed by atoms with Crippen molar-refractivity contribution in [1.82, 2.24) is 4.98 Å². The summed E-state index contributed by atoms with van der Waals surface area (Å²) in [4.78, 5) is 3.87. The van der Waals surface area contributed by atoms with Crippen LogP contribution in [0.5, 0.6) is 5.88 Å². The van der Waals surface area contributed by atoms with Crippen LogP contribution in [-0.4, -0.2) is 12.1 Å². The molecule has 0 saturated heterocycles. The van der Waals surface area contributed by atoms with Crippen LogP contribution in [0.1, 0.15) is 12.0 Å². The highest BCUT2D eigenvalue weighted by Crippen LogP contribution is 2.32. The number of ether oxygens (including phenoxy) is 1. The van der Waals surface area contributed by atoms with Crippen LogP contribution in [0, 0.1) is 7.14 Å². The highest BCUT2D eigenvalue weighted by atomic mass is 127. The molecule has 0 atom stereocenters. The van der Waals surface area contributed by atoms with E-state index in [-0.39, 0.29) is 11.4 Å². The number of methoxy groups -OCH3 is 1. The summed E-state index contributed by atoms with van der Waals surface area (Å²) in [5.74, 6) is 0.247.